The van der Waals surface area contributed by atoms with E-state index in [0.717, 1.165) is 0 Å². The van der Waals surface area contributed by atoms with Gasteiger partial charge >= 0.3 is 5.97 Å². The standard InChI is InChI=1S/C15H13FO4/c1-19-14-8-10(4-6-13(14)17)9-3-5-11(12(16)7-9)15(18)20-2/h3-8,17H,1-2H3. The third-order valence-corrected chi connectivity index (χ3v) is 2.89. The fourth-order valence-corrected chi connectivity index (χ4v) is 1.83. The first-order valence-electron chi connectivity index (χ1n) is 5.82. The van der Waals surface area contributed by atoms with Gasteiger partial charge in [-0.3, -0.25) is 0 Å². The molecule has 0 atom stereocenters. The highest BCUT2D eigenvalue weighted by atomic mass is 19.1. The summed E-state index contributed by atoms with van der Waals surface area (Å²) in [5.41, 5.74) is 1.10. The van der Waals surface area contributed by atoms with E-state index < -0.39 is 11.8 Å². The second kappa shape index (κ2) is 5.61. The fraction of sp³-hybridized carbons (Fsp3) is 0.133. The van der Waals surface area contributed by atoms with E-state index in [2.05, 4.69) is 4.74 Å². The van der Waals surface area contributed by atoms with Gasteiger partial charge < -0.3 is 14.6 Å². The van der Waals surface area contributed by atoms with Crippen LogP contribution < -0.4 is 4.74 Å². The van der Waals surface area contributed by atoms with Crippen molar-refractivity contribution in [2.24, 2.45) is 0 Å². The van der Waals surface area contributed by atoms with Crippen molar-refractivity contribution in [3.8, 4) is 22.6 Å². The van der Waals surface area contributed by atoms with Crippen LogP contribution in [-0.4, -0.2) is 25.3 Å². The average Bonchev–Trinajstić information content (AvgIpc) is 2.47. The van der Waals surface area contributed by atoms with Crippen molar-refractivity contribution < 1.29 is 23.8 Å². The van der Waals surface area contributed by atoms with Crippen molar-refractivity contribution in [2.75, 3.05) is 14.2 Å². The molecule has 0 saturated heterocycles. The Balaban J connectivity index is 2.44. The molecule has 0 aromatic heterocycles. The number of aromatic hydroxyl groups is 1. The summed E-state index contributed by atoms with van der Waals surface area (Å²) in [5, 5.41) is 9.53. The van der Waals surface area contributed by atoms with Gasteiger partial charge in [-0.25, -0.2) is 9.18 Å². The second-order valence-corrected chi connectivity index (χ2v) is 4.07. The first-order valence-corrected chi connectivity index (χ1v) is 5.82. The van der Waals surface area contributed by atoms with Crippen LogP contribution in [-0.2, 0) is 4.74 Å². The van der Waals surface area contributed by atoms with E-state index in [0.29, 0.717) is 16.9 Å². The summed E-state index contributed by atoms with van der Waals surface area (Å²) in [5.74, 6) is -1.10. The van der Waals surface area contributed by atoms with Crippen LogP contribution in [0.3, 0.4) is 0 Å². The molecule has 0 aliphatic heterocycles. The number of carbonyl (C=O) groups is 1. The Kier molecular flexibility index (Phi) is 3.89. The van der Waals surface area contributed by atoms with E-state index in [-0.39, 0.29) is 11.3 Å². The molecule has 4 nitrogen and oxygen atoms in total. The second-order valence-electron chi connectivity index (χ2n) is 4.07. The zero-order chi connectivity index (χ0) is 14.7. The number of rotatable bonds is 3. The number of hydrogen-bond donors (Lipinski definition) is 1. The minimum atomic E-state index is -0.725. The molecule has 2 aromatic carbocycles. The lowest BCUT2D eigenvalue weighted by Crippen LogP contribution is -2.04. The molecule has 0 fully saturated rings. The van der Waals surface area contributed by atoms with Crippen LogP contribution in [0.5, 0.6) is 11.5 Å². The summed E-state index contributed by atoms with van der Waals surface area (Å²) in [4.78, 5) is 11.3. The van der Waals surface area contributed by atoms with E-state index in [9.17, 15) is 14.3 Å². The number of benzene rings is 2. The van der Waals surface area contributed by atoms with Crippen molar-refractivity contribution >= 4 is 5.97 Å². The van der Waals surface area contributed by atoms with Gasteiger partial charge in [-0.1, -0.05) is 12.1 Å². The van der Waals surface area contributed by atoms with E-state index in [1.54, 1.807) is 18.2 Å². The predicted molar refractivity (Wildman–Crippen MR) is 71.4 cm³/mol. The number of carbonyl (C=O) groups excluding carboxylic acids is 1. The Hall–Kier alpha value is -2.56. The molecule has 0 spiro atoms. The monoisotopic (exact) mass is 276 g/mol. The summed E-state index contributed by atoms with van der Waals surface area (Å²) in [6.45, 7) is 0. The van der Waals surface area contributed by atoms with Crippen molar-refractivity contribution in [3.05, 3.63) is 47.8 Å². The minimum Gasteiger partial charge on any atom is -0.504 e. The van der Waals surface area contributed by atoms with Crippen LogP contribution in [0.2, 0.25) is 0 Å². The van der Waals surface area contributed by atoms with E-state index in [1.165, 1.54) is 32.4 Å². The summed E-state index contributed by atoms with van der Waals surface area (Å²) in [6.07, 6.45) is 0. The molecule has 0 aliphatic carbocycles. The highest BCUT2D eigenvalue weighted by Crippen LogP contribution is 2.32. The van der Waals surface area contributed by atoms with Crippen LogP contribution in [0.15, 0.2) is 36.4 Å². The minimum absolute atomic E-state index is 0.00269. The largest absolute Gasteiger partial charge is 0.504 e. The lowest BCUT2D eigenvalue weighted by atomic mass is 10.0. The lowest BCUT2D eigenvalue weighted by molar-refractivity contribution is 0.0595. The van der Waals surface area contributed by atoms with Gasteiger partial charge in [0.15, 0.2) is 11.5 Å². The maximum atomic E-state index is 13.9. The summed E-state index contributed by atoms with van der Waals surface area (Å²) < 4.78 is 23.3. The first-order chi connectivity index (χ1) is 9.56. The molecular weight excluding hydrogens is 263 g/mol. The molecule has 0 heterocycles. The van der Waals surface area contributed by atoms with Gasteiger partial charge in [-0.2, -0.15) is 0 Å². The maximum Gasteiger partial charge on any atom is 0.340 e. The summed E-state index contributed by atoms with van der Waals surface area (Å²) >= 11 is 0. The Morgan fingerprint density at radius 2 is 1.75 bits per heavy atom. The Morgan fingerprint density at radius 3 is 2.35 bits per heavy atom. The summed E-state index contributed by atoms with van der Waals surface area (Å²) in [7, 11) is 2.63. The molecule has 0 radical (unpaired) electrons. The SMILES string of the molecule is COC(=O)c1ccc(-c2ccc(O)c(OC)c2)cc1F. The van der Waals surface area contributed by atoms with Crippen LogP contribution in [0, 0.1) is 5.82 Å². The first kappa shape index (κ1) is 13.9. The molecule has 20 heavy (non-hydrogen) atoms. The van der Waals surface area contributed by atoms with Crippen molar-refractivity contribution in [1.82, 2.24) is 0 Å². The van der Waals surface area contributed by atoms with Gasteiger partial charge in [-0.05, 0) is 35.4 Å². The van der Waals surface area contributed by atoms with Crippen LogP contribution >= 0.6 is 0 Å². The van der Waals surface area contributed by atoms with Gasteiger partial charge in [-0.15, -0.1) is 0 Å². The number of esters is 1. The fourth-order valence-electron chi connectivity index (χ4n) is 1.83. The summed E-state index contributed by atoms with van der Waals surface area (Å²) in [6, 6.07) is 8.86. The normalized spacial score (nSPS) is 10.2. The zero-order valence-electron chi connectivity index (χ0n) is 11.0. The highest BCUT2D eigenvalue weighted by Gasteiger charge is 2.13. The predicted octanol–water partition coefficient (Wildman–Crippen LogP) is 2.99. The topological polar surface area (TPSA) is 55.8 Å². The zero-order valence-corrected chi connectivity index (χ0v) is 11.0. The Morgan fingerprint density at radius 1 is 1.10 bits per heavy atom. The highest BCUT2D eigenvalue weighted by molar-refractivity contribution is 5.90. The number of phenols is 1. The third kappa shape index (κ3) is 2.56. The number of methoxy groups -OCH3 is 2. The molecule has 0 unspecified atom stereocenters. The Bertz CT molecular complexity index is 652. The van der Waals surface area contributed by atoms with E-state index >= 15 is 0 Å². The van der Waals surface area contributed by atoms with Crippen LogP contribution in [0.1, 0.15) is 10.4 Å². The molecule has 5 heteroatoms. The third-order valence-electron chi connectivity index (χ3n) is 2.89. The van der Waals surface area contributed by atoms with Gasteiger partial charge in [0.2, 0.25) is 0 Å². The van der Waals surface area contributed by atoms with Gasteiger partial charge in [0.1, 0.15) is 5.82 Å². The molecule has 2 rings (SSSR count). The maximum absolute atomic E-state index is 13.9. The number of ether oxygens (including phenoxy) is 2. The van der Waals surface area contributed by atoms with E-state index in [1.807, 2.05) is 0 Å². The van der Waals surface area contributed by atoms with Gasteiger partial charge in [0, 0.05) is 0 Å². The number of phenolic OH excluding ortho intramolecular Hbond substituents is 1. The molecule has 0 bridgehead atoms. The molecule has 0 aliphatic rings. The van der Waals surface area contributed by atoms with Gasteiger partial charge in [0.25, 0.3) is 0 Å². The molecule has 0 amide bonds. The number of halogens is 1. The average molecular weight is 276 g/mol. The van der Waals surface area contributed by atoms with Crippen molar-refractivity contribution in [2.45, 2.75) is 0 Å². The van der Waals surface area contributed by atoms with Crippen molar-refractivity contribution in [3.63, 3.8) is 0 Å². The lowest BCUT2D eigenvalue weighted by Gasteiger charge is -2.08. The van der Waals surface area contributed by atoms with Crippen LogP contribution in [0.4, 0.5) is 4.39 Å². The van der Waals surface area contributed by atoms with E-state index in [4.69, 9.17) is 4.74 Å². The molecule has 1 N–H and O–H groups in total. The Labute approximate surface area is 115 Å². The molecule has 2 aromatic rings. The quantitative estimate of drug-likeness (QED) is 0.876. The van der Waals surface area contributed by atoms with Gasteiger partial charge in [0.05, 0.1) is 19.8 Å². The number of hydrogen-bond acceptors (Lipinski definition) is 4. The van der Waals surface area contributed by atoms with Crippen molar-refractivity contribution in [1.29, 1.82) is 0 Å². The molecular formula is C15H13FO4. The van der Waals surface area contributed by atoms with Crippen LogP contribution in [0.25, 0.3) is 11.1 Å². The molecule has 0 saturated carbocycles. The smallest absolute Gasteiger partial charge is 0.340 e. The molecule has 104 valence electrons.